The fourth-order valence-electron chi connectivity index (χ4n) is 4.23. The van der Waals surface area contributed by atoms with Crippen LogP contribution in [0.2, 0.25) is 0 Å². The highest BCUT2D eigenvalue weighted by molar-refractivity contribution is 9.10. The number of aromatic nitrogens is 5. The molecule has 0 amide bonds. The molecule has 0 unspecified atom stereocenters. The van der Waals surface area contributed by atoms with E-state index in [0.29, 0.717) is 23.0 Å². The Labute approximate surface area is 233 Å². The van der Waals surface area contributed by atoms with E-state index in [9.17, 15) is 0 Å². The molecule has 6 nitrogen and oxygen atoms in total. The maximum atomic E-state index is 9.08. The molecule has 0 spiro atoms. The van der Waals surface area contributed by atoms with E-state index >= 15 is 0 Å². The van der Waals surface area contributed by atoms with E-state index in [-0.39, 0.29) is 0 Å². The fourth-order valence-corrected chi connectivity index (χ4v) is 4.73. The van der Waals surface area contributed by atoms with Gasteiger partial charge >= 0.3 is 0 Å². The summed E-state index contributed by atoms with van der Waals surface area (Å²) in [6.45, 7) is 0. The van der Waals surface area contributed by atoms with Crippen LogP contribution < -0.4 is 0 Å². The molecule has 3 aromatic heterocycles. The van der Waals surface area contributed by atoms with Crippen molar-refractivity contribution in [3.05, 3.63) is 126 Å². The number of pyridine rings is 2. The molecule has 0 atom stereocenters. The van der Waals surface area contributed by atoms with Gasteiger partial charge in [-0.2, -0.15) is 5.26 Å². The molecular formula is C32H19BrN6. The Kier molecular flexibility index (Phi) is 6.69. The summed E-state index contributed by atoms with van der Waals surface area (Å²) in [5, 5.41) is 9.08. The van der Waals surface area contributed by atoms with Crippen molar-refractivity contribution in [2.24, 2.45) is 0 Å². The molecular weight excluding hydrogens is 548 g/mol. The van der Waals surface area contributed by atoms with E-state index in [0.717, 1.165) is 43.4 Å². The normalized spacial score (nSPS) is 10.7. The first-order valence-corrected chi connectivity index (χ1v) is 12.9. The molecule has 0 fully saturated rings. The molecule has 3 aromatic carbocycles. The van der Waals surface area contributed by atoms with Crippen LogP contribution in [0.25, 0.3) is 56.4 Å². The van der Waals surface area contributed by atoms with Gasteiger partial charge in [0.1, 0.15) is 0 Å². The summed E-state index contributed by atoms with van der Waals surface area (Å²) < 4.78 is 0.915. The van der Waals surface area contributed by atoms with Crippen LogP contribution in [0.1, 0.15) is 5.56 Å². The predicted octanol–water partition coefficient (Wildman–Crippen LogP) is 7.63. The molecule has 7 heteroatoms. The van der Waals surface area contributed by atoms with Crippen molar-refractivity contribution >= 4 is 15.9 Å². The van der Waals surface area contributed by atoms with E-state index in [1.165, 1.54) is 0 Å². The molecule has 0 N–H and O–H groups in total. The molecule has 0 aliphatic heterocycles. The van der Waals surface area contributed by atoms with Gasteiger partial charge in [0.25, 0.3) is 0 Å². The zero-order valence-corrected chi connectivity index (χ0v) is 22.1. The van der Waals surface area contributed by atoms with E-state index in [4.69, 9.17) is 20.2 Å². The third-order valence-electron chi connectivity index (χ3n) is 6.22. The van der Waals surface area contributed by atoms with Gasteiger partial charge in [-0.25, -0.2) is 15.0 Å². The lowest BCUT2D eigenvalue weighted by molar-refractivity contribution is 1.07. The number of rotatable bonds is 5. The zero-order chi connectivity index (χ0) is 26.6. The summed E-state index contributed by atoms with van der Waals surface area (Å²) in [4.78, 5) is 23.0. The third-order valence-corrected chi connectivity index (χ3v) is 6.67. The van der Waals surface area contributed by atoms with Crippen molar-refractivity contribution in [1.82, 2.24) is 24.9 Å². The van der Waals surface area contributed by atoms with Crippen LogP contribution in [-0.2, 0) is 0 Å². The minimum atomic E-state index is 0.564. The Hall–Kier alpha value is -5.06. The standard InChI is InChI=1S/C32H19BrN6/c33-29-17-27(26-2-1-13-36-20-26)16-28(18-29)32-38-30(37-31(39-32)25-11-14-35-15-12-25)24-9-7-23(8-10-24)22-5-3-21(19-34)4-6-22/h1-18,20H. The molecule has 3 heterocycles. The van der Waals surface area contributed by atoms with E-state index < -0.39 is 0 Å². The number of nitriles is 1. The molecule has 0 aliphatic carbocycles. The Balaban J connectivity index is 1.45. The first-order valence-electron chi connectivity index (χ1n) is 12.1. The second kappa shape index (κ2) is 10.7. The van der Waals surface area contributed by atoms with Crippen LogP contribution in [0.4, 0.5) is 0 Å². The molecule has 39 heavy (non-hydrogen) atoms. The maximum Gasteiger partial charge on any atom is 0.164 e. The van der Waals surface area contributed by atoms with E-state index in [2.05, 4.69) is 38.0 Å². The summed E-state index contributed by atoms with van der Waals surface area (Å²) >= 11 is 3.66. The van der Waals surface area contributed by atoms with Crippen LogP contribution in [0.5, 0.6) is 0 Å². The van der Waals surface area contributed by atoms with Gasteiger partial charge in [0.2, 0.25) is 0 Å². The van der Waals surface area contributed by atoms with Crippen LogP contribution >= 0.6 is 15.9 Å². The monoisotopic (exact) mass is 566 g/mol. The van der Waals surface area contributed by atoms with Crippen LogP contribution in [0.15, 0.2) is 120 Å². The lowest BCUT2D eigenvalue weighted by Gasteiger charge is -2.11. The Morgan fingerprint density at radius 1 is 0.513 bits per heavy atom. The second-order valence-corrected chi connectivity index (χ2v) is 9.69. The lowest BCUT2D eigenvalue weighted by Crippen LogP contribution is -2.00. The highest BCUT2D eigenvalue weighted by atomic mass is 79.9. The SMILES string of the molecule is N#Cc1ccc(-c2ccc(-c3nc(-c4ccncc4)nc(-c4cc(Br)cc(-c5cccnc5)c4)n3)cc2)cc1. The molecule has 0 saturated heterocycles. The molecule has 0 saturated carbocycles. The Morgan fingerprint density at radius 3 is 1.69 bits per heavy atom. The minimum absolute atomic E-state index is 0.564. The Morgan fingerprint density at radius 2 is 1.08 bits per heavy atom. The molecule has 0 radical (unpaired) electrons. The van der Waals surface area contributed by atoms with Crippen molar-refractivity contribution in [3.63, 3.8) is 0 Å². The average molecular weight is 567 g/mol. The van der Waals surface area contributed by atoms with Gasteiger partial charge in [-0.1, -0.05) is 58.4 Å². The summed E-state index contributed by atoms with van der Waals surface area (Å²) in [7, 11) is 0. The van der Waals surface area contributed by atoms with Gasteiger partial charge in [0.05, 0.1) is 11.6 Å². The number of nitrogens with zero attached hydrogens (tertiary/aromatic N) is 6. The van der Waals surface area contributed by atoms with Crippen LogP contribution in [-0.4, -0.2) is 24.9 Å². The summed E-state index contributed by atoms with van der Waals surface area (Å²) in [5.41, 5.74) is 7.30. The molecule has 184 valence electrons. The lowest BCUT2D eigenvalue weighted by atomic mass is 10.0. The van der Waals surface area contributed by atoms with Crippen molar-refractivity contribution in [1.29, 1.82) is 5.26 Å². The first-order chi connectivity index (χ1) is 19.2. The van der Waals surface area contributed by atoms with Gasteiger partial charge < -0.3 is 0 Å². The van der Waals surface area contributed by atoms with Gasteiger partial charge in [-0.05, 0) is 65.2 Å². The van der Waals surface area contributed by atoms with E-state index in [1.807, 2.05) is 91.1 Å². The van der Waals surface area contributed by atoms with Gasteiger partial charge in [-0.3, -0.25) is 9.97 Å². The highest BCUT2D eigenvalue weighted by Crippen LogP contribution is 2.31. The van der Waals surface area contributed by atoms with Crippen molar-refractivity contribution < 1.29 is 0 Å². The van der Waals surface area contributed by atoms with Crippen molar-refractivity contribution in [2.45, 2.75) is 0 Å². The van der Waals surface area contributed by atoms with Gasteiger partial charge in [0.15, 0.2) is 17.5 Å². The van der Waals surface area contributed by atoms with Crippen molar-refractivity contribution in [3.8, 4) is 62.5 Å². The maximum absolute atomic E-state index is 9.08. The minimum Gasteiger partial charge on any atom is -0.265 e. The number of hydrogen-bond donors (Lipinski definition) is 0. The summed E-state index contributed by atoms with van der Waals surface area (Å²) in [5.74, 6) is 1.70. The van der Waals surface area contributed by atoms with Crippen molar-refractivity contribution in [2.75, 3.05) is 0 Å². The number of benzene rings is 3. The quantitative estimate of drug-likeness (QED) is 0.213. The molecule has 0 bridgehead atoms. The number of halogens is 1. The van der Waals surface area contributed by atoms with Crippen LogP contribution in [0, 0.1) is 11.3 Å². The average Bonchev–Trinajstić information content (AvgIpc) is 3.01. The summed E-state index contributed by atoms with van der Waals surface area (Å²) in [6.07, 6.45) is 7.05. The Bertz CT molecular complexity index is 1800. The summed E-state index contributed by atoms with van der Waals surface area (Å²) in [6, 6.07) is 31.6. The largest absolute Gasteiger partial charge is 0.265 e. The zero-order valence-electron chi connectivity index (χ0n) is 20.5. The number of hydrogen-bond acceptors (Lipinski definition) is 6. The first kappa shape index (κ1) is 24.3. The smallest absolute Gasteiger partial charge is 0.164 e. The third kappa shape index (κ3) is 5.33. The fraction of sp³-hybridized carbons (Fsp3) is 0. The van der Waals surface area contributed by atoms with Gasteiger partial charge in [-0.15, -0.1) is 0 Å². The molecule has 0 aliphatic rings. The van der Waals surface area contributed by atoms with Crippen LogP contribution in [0.3, 0.4) is 0 Å². The highest BCUT2D eigenvalue weighted by Gasteiger charge is 2.14. The van der Waals surface area contributed by atoms with E-state index in [1.54, 1.807) is 18.6 Å². The van der Waals surface area contributed by atoms with Gasteiger partial charge in [0, 0.05) is 51.5 Å². The topological polar surface area (TPSA) is 88.2 Å². The second-order valence-electron chi connectivity index (χ2n) is 8.78. The predicted molar refractivity (Wildman–Crippen MR) is 155 cm³/mol. The molecule has 6 aromatic rings. The molecule has 6 rings (SSSR count).